The maximum atomic E-state index is 12.5. The van der Waals surface area contributed by atoms with Gasteiger partial charge in [0.15, 0.2) is 0 Å². The van der Waals surface area contributed by atoms with Crippen LogP contribution in [-0.2, 0) is 14.3 Å². The van der Waals surface area contributed by atoms with E-state index in [1.807, 2.05) is 0 Å². The lowest BCUT2D eigenvalue weighted by Crippen LogP contribution is -2.43. The smallest absolute Gasteiger partial charge is 0.307 e. The first-order valence-electron chi connectivity index (χ1n) is 6.73. The minimum absolute atomic E-state index is 0.0796. The van der Waals surface area contributed by atoms with Crippen LogP contribution in [0.3, 0.4) is 0 Å². The van der Waals surface area contributed by atoms with E-state index in [0.717, 1.165) is 12.8 Å². The Morgan fingerprint density at radius 3 is 2.53 bits per heavy atom. The molecule has 1 amide bonds. The van der Waals surface area contributed by atoms with Crippen molar-refractivity contribution >= 4 is 11.9 Å². The van der Waals surface area contributed by atoms with Crippen LogP contribution in [0, 0.1) is 11.8 Å². The SMILES string of the molecule is C=CCN(CCOC)C(=O)[C@@H]1CCCC[C@@H]1C(=O)O. The Labute approximate surface area is 114 Å². The molecule has 1 rings (SSSR count). The molecule has 19 heavy (non-hydrogen) atoms. The van der Waals surface area contributed by atoms with E-state index in [1.54, 1.807) is 18.1 Å². The highest BCUT2D eigenvalue weighted by molar-refractivity contribution is 5.85. The maximum absolute atomic E-state index is 12.5. The number of amides is 1. The van der Waals surface area contributed by atoms with Gasteiger partial charge in [0.2, 0.25) is 5.91 Å². The number of hydrogen-bond donors (Lipinski definition) is 1. The van der Waals surface area contributed by atoms with E-state index in [4.69, 9.17) is 4.74 Å². The standard InChI is InChI=1S/C14H23NO4/c1-3-8-15(9-10-19-2)13(16)11-6-4-5-7-12(11)14(17)18/h3,11-12H,1,4-10H2,2H3,(H,17,18)/t11-,12+/m1/s1. The fourth-order valence-electron chi connectivity index (χ4n) is 2.61. The van der Waals surface area contributed by atoms with Gasteiger partial charge in [-0.15, -0.1) is 6.58 Å². The summed E-state index contributed by atoms with van der Waals surface area (Å²) in [6.45, 7) is 5.00. The van der Waals surface area contributed by atoms with Crippen molar-refractivity contribution in [2.75, 3.05) is 26.8 Å². The average Bonchev–Trinajstić information content (AvgIpc) is 2.42. The molecule has 0 aromatic carbocycles. The van der Waals surface area contributed by atoms with Crippen molar-refractivity contribution in [1.82, 2.24) is 4.90 Å². The lowest BCUT2D eigenvalue weighted by Gasteiger charge is -2.32. The third-order valence-corrected chi connectivity index (χ3v) is 3.63. The maximum Gasteiger partial charge on any atom is 0.307 e. The van der Waals surface area contributed by atoms with Gasteiger partial charge in [0.1, 0.15) is 0 Å². The minimum atomic E-state index is -0.858. The second kappa shape index (κ2) is 7.94. The van der Waals surface area contributed by atoms with Gasteiger partial charge in [-0.2, -0.15) is 0 Å². The summed E-state index contributed by atoms with van der Waals surface area (Å²) < 4.78 is 4.99. The second-order valence-corrected chi connectivity index (χ2v) is 4.90. The molecule has 0 bridgehead atoms. The first kappa shape index (κ1) is 15.7. The summed E-state index contributed by atoms with van der Waals surface area (Å²) in [6, 6.07) is 0. The number of ether oxygens (including phenoxy) is 1. The Balaban J connectivity index is 2.74. The van der Waals surface area contributed by atoms with Crippen molar-refractivity contribution in [2.45, 2.75) is 25.7 Å². The Kier molecular flexibility index (Phi) is 6.56. The molecule has 5 heteroatoms. The average molecular weight is 269 g/mol. The van der Waals surface area contributed by atoms with E-state index in [9.17, 15) is 14.7 Å². The fourth-order valence-corrected chi connectivity index (χ4v) is 2.61. The van der Waals surface area contributed by atoms with Gasteiger partial charge < -0.3 is 14.7 Å². The van der Waals surface area contributed by atoms with Gasteiger partial charge in [-0.25, -0.2) is 0 Å². The molecule has 0 aliphatic heterocycles. The second-order valence-electron chi connectivity index (χ2n) is 4.90. The monoisotopic (exact) mass is 269 g/mol. The molecule has 1 fully saturated rings. The first-order chi connectivity index (χ1) is 9.11. The van der Waals surface area contributed by atoms with Crippen molar-refractivity contribution in [3.63, 3.8) is 0 Å². The Bertz CT molecular complexity index is 329. The molecule has 5 nitrogen and oxygen atoms in total. The third-order valence-electron chi connectivity index (χ3n) is 3.63. The van der Waals surface area contributed by atoms with Crippen LogP contribution in [-0.4, -0.2) is 48.7 Å². The minimum Gasteiger partial charge on any atom is -0.481 e. The molecule has 1 N–H and O–H groups in total. The Morgan fingerprint density at radius 2 is 2.00 bits per heavy atom. The summed E-state index contributed by atoms with van der Waals surface area (Å²) in [6.07, 6.45) is 4.73. The number of methoxy groups -OCH3 is 1. The lowest BCUT2D eigenvalue weighted by molar-refractivity contribution is -0.152. The van der Waals surface area contributed by atoms with Crippen LogP contribution in [0.5, 0.6) is 0 Å². The van der Waals surface area contributed by atoms with Crippen LogP contribution < -0.4 is 0 Å². The van der Waals surface area contributed by atoms with Crippen LogP contribution in [0.25, 0.3) is 0 Å². The molecule has 1 aliphatic rings. The number of nitrogens with zero attached hydrogens (tertiary/aromatic N) is 1. The normalized spacial score (nSPS) is 22.8. The molecule has 0 heterocycles. The highest BCUT2D eigenvalue weighted by atomic mass is 16.5. The van der Waals surface area contributed by atoms with Gasteiger partial charge in [-0.1, -0.05) is 18.9 Å². The quantitative estimate of drug-likeness (QED) is 0.712. The molecule has 0 aromatic rings. The van der Waals surface area contributed by atoms with E-state index in [2.05, 4.69) is 6.58 Å². The summed E-state index contributed by atoms with van der Waals surface area (Å²) >= 11 is 0. The molecule has 1 aliphatic carbocycles. The predicted molar refractivity (Wildman–Crippen MR) is 71.7 cm³/mol. The van der Waals surface area contributed by atoms with Gasteiger partial charge in [-0.3, -0.25) is 9.59 Å². The molecule has 0 unspecified atom stereocenters. The number of rotatable bonds is 7. The molecule has 108 valence electrons. The number of aliphatic carboxylic acids is 1. The van der Waals surface area contributed by atoms with Gasteiger partial charge in [0, 0.05) is 20.2 Å². The van der Waals surface area contributed by atoms with E-state index in [-0.39, 0.29) is 5.91 Å². The third kappa shape index (κ3) is 4.35. The summed E-state index contributed by atoms with van der Waals surface area (Å²) in [5.74, 6) is -1.88. The van der Waals surface area contributed by atoms with Gasteiger partial charge in [0.25, 0.3) is 0 Å². The molecular formula is C14H23NO4. The Hall–Kier alpha value is -1.36. The molecule has 0 spiro atoms. The first-order valence-corrected chi connectivity index (χ1v) is 6.73. The number of carbonyl (C=O) groups excluding carboxylic acids is 1. The zero-order chi connectivity index (χ0) is 14.3. The number of carbonyl (C=O) groups is 2. The molecule has 2 atom stereocenters. The number of carboxylic acids is 1. The van der Waals surface area contributed by atoms with E-state index >= 15 is 0 Å². The molecule has 0 radical (unpaired) electrons. The van der Waals surface area contributed by atoms with Crippen LogP contribution in [0.2, 0.25) is 0 Å². The zero-order valence-electron chi connectivity index (χ0n) is 11.5. The van der Waals surface area contributed by atoms with Crippen LogP contribution in [0.1, 0.15) is 25.7 Å². The van der Waals surface area contributed by atoms with Gasteiger partial charge >= 0.3 is 5.97 Å². The largest absolute Gasteiger partial charge is 0.481 e. The van der Waals surface area contributed by atoms with Crippen molar-refractivity contribution in [3.05, 3.63) is 12.7 Å². The van der Waals surface area contributed by atoms with Crippen molar-refractivity contribution in [3.8, 4) is 0 Å². The molecular weight excluding hydrogens is 246 g/mol. The van der Waals surface area contributed by atoms with Crippen molar-refractivity contribution in [1.29, 1.82) is 0 Å². The van der Waals surface area contributed by atoms with Crippen LogP contribution >= 0.6 is 0 Å². The summed E-state index contributed by atoms with van der Waals surface area (Å²) in [4.78, 5) is 25.4. The predicted octanol–water partition coefficient (Wildman–Crippen LogP) is 1.54. The van der Waals surface area contributed by atoms with E-state index in [1.165, 1.54) is 0 Å². The highest BCUT2D eigenvalue weighted by Crippen LogP contribution is 2.31. The van der Waals surface area contributed by atoms with E-state index < -0.39 is 17.8 Å². The van der Waals surface area contributed by atoms with Crippen molar-refractivity contribution < 1.29 is 19.4 Å². The fraction of sp³-hybridized carbons (Fsp3) is 0.714. The zero-order valence-corrected chi connectivity index (χ0v) is 11.5. The molecule has 0 saturated heterocycles. The number of hydrogen-bond acceptors (Lipinski definition) is 3. The lowest BCUT2D eigenvalue weighted by atomic mass is 9.78. The molecule has 0 aromatic heterocycles. The van der Waals surface area contributed by atoms with Crippen LogP contribution in [0.15, 0.2) is 12.7 Å². The van der Waals surface area contributed by atoms with E-state index in [0.29, 0.717) is 32.5 Å². The van der Waals surface area contributed by atoms with Crippen molar-refractivity contribution in [2.24, 2.45) is 11.8 Å². The van der Waals surface area contributed by atoms with Crippen LogP contribution in [0.4, 0.5) is 0 Å². The van der Waals surface area contributed by atoms with Gasteiger partial charge in [-0.05, 0) is 12.8 Å². The number of carboxylic acid groups (broad SMARTS) is 1. The summed E-state index contributed by atoms with van der Waals surface area (Å²) in [5.41, 5.74) is 0. The Morgan fingerprint density at radius 1 is 1.37 bits per heavy atom. The summed E-state index contributed by atoms with van der Waals surface area (Å²) in [5, 5.41) is 9.23. The van der Waals surface area contributed by atoms with Gasteiger partial charge in [0.05, 0.1) is 18.4 Å². The summed E-state index contributed by atoms with van der Waals surface area (Å²) in [7, 11) is 1.58. The topological polar surface area (TPSA) is 66.8 Å². The highest BCUT2D eigenvalue weighted by Gasteiger charge is 2.37. The molecule has 1 saturated carbocycles.